The van der Waals surface area contributed by atoms with E-state index in [9.17, 15) is 44.7 Å². The summed E-state index contributed by atoms with van der Waals surface area (Å²) in [6, 6.07) is 2.85. The summed E-state index contributed by atoms with van der Waals surface area (Å²) in [4.78, 5) is 52.1. The molecule has 1 fully saturated rings. The van der Waals surface area contributed by atoms with Crippen molar-refractivity contribution in [3.8, 4) is 23.0 Å². The van der Waals surface area contributed by atoms with Gasteiger partial charge in [-0.2, -0.15) is 0 Å². The molecule has 2 heterocycles. The van der Waals surface area contributed by atoms with E-state index in [1.807, 2.05) is 0 Å². The number of benzene rings is 1. The summed E-state index contributed by atoms with van der Waals surface area (Å²) >= 11 is 0. The topological polar surface area (TPSA) is 219 Å². The predicted molar refractivity (Wildman–Crippen MR) is 142 cm³/mol. The number of fused-ring (bicyclic) bond motifs is 1. The fourth-order valence-electron chi connectivity index (χ4n) is 5.02. The Balaban J connectivity index is 1.52. The Bertz CT molecular complexity index is 1430. The molecule has 2 aliphatic rings. The first-order chi connectivity index (χ1) is 19.1. The van der Waals surface area contributed by atoms with Crippen LogP contribution in [-0.4, -0.2) is 75.3 Å². The van der Waals surface area contributed by atoms with Crippen LogP contribution in [0.4, 0.5) is 0 Å². The third-order valence-corrected chi connectivity index (χ3v) is 7.42. The third kappa shape index (κ3) is 6.03. The maximum Gasteiger partial charge on any atom is 0.332 e. The standard InChI is InChI=1S/C27H32N4O9/c32-18-5-2-14(11-30-18)26(39)28-9-7-13-1-4-16-17(8-10-29-27(40)15-3-6-19(33)31-12-15)22(35)25(38)24(37)20(16)23(36)21(13)34/h1,4,14-15,35,37-38H,2-3,5-12H2,(H,28,39)(H,29,40)(H,30,32)(H,31,33)(H,34,36)/p+1. The van der Waals surface area contributed by atoms with Crippen molar-refractivity contribution in [1.82, 2.24) is 16.0 Å². The van der Waals surface area contributed by atoms with Gasteiger partial charge in [-0.1, -0.05) is 12.1 Å². The first-order valence-corrected chi connectivity index (χ1v) is 13.1. The third-order valence-electron chi connectivity index (χ3n) is 7.42. The molecule has 2 unspecified atom stereocenters. The largest absolute Gasteiger partial charge is 0.504 e. The second-order valence-corrected chi connectivity index (χ2v) is 10.0. The summed E-state index contributed by atoms with van der Waals surface area (Å²) in [5.74, 6) is -4.39. The van der Waals surface area contributed by atoms with E-state index in [-0.39, 0.29) is 97.4 Å². The van der Waals surface area contributed by atoms with E-state index < -0.39 is 33.8 Å². The molecule has 0 bridgehead atoms. The number of piperidine rings is 1. The molecule has 40 heavy (non-hydrogen) atoms. The Labute approximate surface area is 228 Å². The lowest BCUT2D eigenvalue weighted by atomic mass is 9.98. The number of aliphatic hydroxyl groups is 1. The summed E-state index contributed by atoms with van der Waals surface area (Å²) in [6.45, 7) is 0.642. The highest BCUT2D eigenvalue weighted by atomic mass is 16.3. The number of carbonyl (C=O) groups excluding carboxylic acids is 3. The molecule has 1 saturated heterocycles. The molecule has 4 rings (SSSR count). The first-order valence-electron chi connectivity index (χ1n) is 13.1. The summed E-state index contributed by atoms with van der Waals surface area (Å²) in [7, 11) is 0. The number of phenols is 3. The van der Waals surface area contributed by atoms with Gasteiger partial charge in [0, 0.05) is 31.6 Å². The molecule has 2 aliphatic heterocycles. The number of hydrogen-bond donors (Lipinski definition) is 9. The van der Waals surface area contributed by atoms with Crippen molar-refractivity contribution >= 4 is 34.4 Å². The zero-order chi connectivity index (χ0) is 29.0. The van der Waals surface area contributed by atoms with Crippen LogP contribution in [0.15, 0.2) is 16.9 Å². The molecular weight excluding hydrogens is 524 g/mol. The van der Waals surface area contributed by atoms with E-state index in [1.54, 1.807) is 0 Å². The molecular formula is C27H33N4O9+. The lowest BCUT2D eigenvalue weighted by Crippen LogP contribution is -2.77. The highest BCUT2D eigenvalue weighted by Crippen LogP contribution is 2.44. The summed E-state index contributed by atoms with van der Waals surface area (Å²) < 4.78 is 0. The highest BCUT2D eigenvalue weighted by molar-refractivity contribution is 5.96. The number of phenolic OH excluding ortho intramolecular Hbond substituents is 3. The van der Waals surface area contributed by atoms with E-state index in [2.05, 4.69) is 20.9 Å². The summed E-state index contributed by atoms with van der Waals surface area (Å²) in [5, 5.41) is 59.3. The highest BCUT2D eigenvalue weighted by Gasteiger charge is 2.27. The number of aromatic hydroxyl groups is 4. The molecule has 2 atom stereocenters. The molecule has 0 spiro atoms. The zero-order valence-electron chi connectivity index (χ0n) is 21.7. The lowest BCUT2D eigenvalue weighted by Gasteiger charge is -2.21. The van der Waals surface area contributed by atoms with Crippen molar-refractivity contribution in [1.29, 1.82) is 0 Å². The summed E-state index contributed by atoms with van der Waals surface area (Å²) in [5.41, 5.74) is -0.718. The van der Waals surface area contributed by atoms with Crippen molar-refractivity contribution in [3.63, 3.8) is 0 Å². The Morgan fingerprint density at radius 3 is 2.17 bits per heavy atom. The Morgan fingerprint density at radius 2 is 1.52 bits per heavy atom. The maximum atomic E-state index is 13.1. The van der Waals surface area contributed by atoms with Crippen LogP contribution in [0.3, 0.4) is 0 Å². The van der Waals surface area contributed by atoms with Gasteiger partial charge in [-0.25, -0.2) is 4.99 Å². The van der Waals surface area contributed by atoms with Gasteiger partial charge in [0.25, 0.3) is 0 Å². The van der Waals surface area contributed by atoms with Gasteiger partial charge in [-0.3, -0.25) is 19.2 Å². The van der Waals surface area contributed by atoms with Crippen LogP contribution in [-0.2, 0) is 27.2 Å². The SMILES string of the molecule is O=C1CCC(C(=O)NCCc2ccc3c(CCNC(=O)C4CCC(O)=[NH+]C4)c(O)c(O)c(O)c3c(=O)c2O)CN1. The Hall–Kier alpha value is -4.55. The van der Waals surface area contributed by atoms with Crippen molar-refractivity contribution in [3.05, 3.63) is 33.5 Å². The average molecular weight is 558 g/mol. The average Bonchev–Trinajstić information content (AvgIpc) is 3.06. The molecule has 3 amide bonds. The molecule has 0 aliphatic carbocycles. The molecule has 0 radical (unpaired) electrons. The zero-order valence-corrected chi connectivity index (χ0v) is 21.7. The number of nitrogens with one attached hydrogen (secondary N) is 4. The number of hydrogen-bond acceptors (Lipinski definition) is 8. The van der Waals surface area contributed by atoms with Gasteiger partial charge >= 0.3 is 5.90 Å². The Morgan fingerprint density at radius 1 is 0.850 bits per heavy atom. The molecule has 0 aromatic heterocycles. The number of carbonyl (C=O) groups is 3. The van der Waals surface area contributed by atoms with Crippen LogP contribution < -0.4 is 26.4 Å². The van der Waals surface area contributed by atoms with E-state index in [1.165, 1.54) is 12.1 Å². The fraction of sp³-hybridized carbons (Fsp3) is 0.444. The minimum Gasteiger partial charge on any atom is -0.504 e. The van der Waals surface area contributed by atoms with E-state index in [0.29, 0.717) is 19.3 Å². The maximum absolute atomic E-state index is 13.1. The number of rotatable bonds is 8. The van der Waals surface area contributed by atoms with Crippen LogP contribution in [0.1, 0.15) is 36.8 Å². The van der Waals surface area contributed by atoms with Gasteiger partial charge in [-0.15, -0.1) is 0 Å². The quantitative estimate of drug-likeness (QED) is 0.169. The van der Waals surface area contributed by atoms with Crippen LogP contribution in [0.5, 0.6) is 23.0 Å². The molecule has 2 aromatic rings. The van der Waals surface area contributed by atoms with E-state index >= 15 is 0 Å². The second-order valence-electron chi connectivity index (χ2n) is 10.0. The molecule has 13 heteroatoms. The lowest BCUT2D eigenvalue weighted by molar-refractivity contribution is -0.479. The van der Waals surface area contributed by atoms with Crippen LogP contribution >= 0.6 is 0 Å². The van der Waals surface area contributed by atoms with Gasteiger partial charge in [-0.05, 0) is 36.6 Å². The van der Waals surface area contributed by atoms with Crippen molar-refractivity contribution in [2.24, 2.45) is 11.8 Å². The number of aliphatic hydroxyl groups excluding tert-OH is 1. The van der Waals surface area contributed by atoms with Gasteiger partial charge in [0.15, 0.2) is 23.8 Å². The Kier molecular flexibility index (Phi) is 8.61. The smallest absolute Gasteiger partial charge is 0.332 e. The van der Waals surface area contributed by atoms with Crippen molar-refractivity contribution in [2.75, 3.05) is 26.2 Å². The molecule has 13 nitrogen and oxygen atoms in total. The van der Waals surface area contributed by atoms with E-state index in [4.69, 9.17) is 0 Å². The van der Waals surface area contributed by atoms with Crippen molar-refractivity contribution < 1.29 is 44.9 Å². The normalized spacial score (nSPS) is 19.0. The second kappa shape index (κ2) is 12.1. The first kappa shape index (κ1) is 28.5. The molecule has 214 valence electrons. The molecule has 2 aromatic carbocycles. The monoisotopic (exact) mass is 557 g/mol. The van der Waals surface area contributed by atoms with Crippen molar-refractivity contribution in [2.45, 2.75) is 38.5 Å². The van der Waals surface area contributed by atoms with Crippen LogP contribution in [0.2, 0.25) is 0 Å². The van der Waals surface area contributed by atoms with Gasteiger partial charge in [0.05, 0.1) is 23.6 Å². The number of amides is 3. The molecule has 0 saturated carbocycles. The van der Waals surface area contributed by atoms with Crippen LogP contribution in [0.25, 0.3) is 10.8 Å². The van der Waals surface area contributed by atoms with Gasteiger partial charge in [0.1, 0.15) is 0 Å². The van der Waals surface area contributed by atoms with E-state index in [0.717, 1.165) is 0 Å². The fourth-order valence-corrected chi connectivity index (χ4v) is 5.02. The minimum absolute atomic E-state index is 0.00697. The molecule has 9 N–H and O–H groups in total. The van der Waals surface area contributed by atoms with Crippen LogP contribution in [0, 0.1) is 11.8 Å². The van der Waals surface area contributed by atoms with Gasteiger partial charge < -0.3 is 41.5 Å². The minimum atomic E-state index is -0.973. The summed E-state index contributed by atoms with van der Waals surface area (Å²) in [6.07, 6.45) is 1.57. The predicted octanol–water partition coefficient (Wildman–Crippen LogP) is -1.69. The van der Waals surface area contributed by atoms with Gasteiger partial charge in [0.2, 0.25) is 28.9 Å².